The van der Waals surface area contributed by atoms with Crippen LogP contribution in [-0.2, 0) is 29.0 Å². The summed E-state index contributed by atoms with van der Waals surface area (Å²) >= 11 is 0. The highest BCUT2D eigenvalue weighted by Gasteiger charge is 2.58. The van der Waals surface area contributed by atoms with E-state index in [-0.39, 0.29) is 0 Å². The lowest BCUT2D eigenvalue weighted by molar-refractivity contribution is -0.216. The van der Waals surface area contributed by atoms with Crippen molar-refractivity contribution in [1.29, 1.82) is 0 Å². The van der Waals surface area contributed by atoms with Crippen molar-refractivity contribution in [3.63, 3.8) is 0 Å². The zero-order valence-corrected chi connectivity index (χ0v) is 43.6. The number of alkyl halides is 6. The van der Waals surface area contributed by atoms with E-state index in [1.165, 1.54) is 42.9 Å². The summed E-state index contributed by atoms with van der Waals surface area (Å²) < 4.78 is 171. The monoisotopic (exact) mass is 1140 g/mol. The van der Waals surface area contributed by atoms with E-state index in [0.717, 1.165) is 69.8 Å². The lowest BCUT2D eigenvalue weighted by Gasteiger charge is -2.34. The maximum atomic E-state index is 15.0. The van der Waals surface area contributed by atoms with Crippen molar-refractivity contribution in [3.8, 4) is 33.4 Å². The number of aliphatic hydroxyl groups excluding tert-OH is 2. The molecule has 9 rings (SSSR count). The second-order valence-corrected chi connectivity index (χ2v) is 19.0. The third-order valence-electron chi connectivity index (χ3n) is 13.3. The minimum atomic E-state index is -4.15. The summed E-state index contributed by atoms with van der Waals surface area (Å²) in [5.74, 6) is -18.6. The van der Waals surface area contributed by atoms with E-state index in [2.05, 4.69) is 21.5 Å². The molecule has 0 bridgehead atoms. The third-order valence-corrected chi connectivity index (χ3v) is 13.3. The molecule has 0 aliphatic rings. The molecule has 2 atom stereocenters. The van der Waals surface area contributed by atoms with Gasteiger partial charge in [0, 0.05) is 75.7 Å². The van der Waals surface area contributed by atoms with Crippen LogP contribution < -0.4 is 0 Å². The Labute approximate surface area is 462 Å². The second kappa shape index (κ2) is 24.7. The normalized spacial score (nSPS) is 13.2. The number of aromatic nitrogens is 3. The first-order chi connectivity index (χ1) is 38.7. The van der Waals surface area contributed by atoms with E-state index in [0.29, 0.717) is 47.0 Å². The van der Waals surface area contributed by atoms with Gasteiger partial charge < -0.3 is 20.4 Å². The van der Waals surface area contributed by atoms with Gasteiger partial charge in [0.25, 0.3) is 0 Å². The van der Waals surface area contributed by atoms with Crippen molar-refractivity contribution in [2.45, 2.75) is 49.7 Å². The number of pyridine rings is 3. The van der Waals surface area contributed by atoms with Crippen molar-refractivity contribution in [1.82, 2.24) is 15.0 Å². The number of halogens is 12. The molecule has 0 aliphatic carbocycles. The molecular formula is C63H49F12N3O4. The molecular weight excluding hydrogens is 1090 g/mol. The number of benzene rings is 6. The van der Waals surface area contributed by atoms with Gasteiger partial charge in [-0.05, 0) is 92.1 Å². The lowest BCUT2D eigenvalue weighted by Crippen LogP contribution is -2.47. The van der Waals surface area contributed by atoms with Gasteiger partial charge in [-0.15, -0.1) is 0 Å². The molecule has 9 aromatic rings. The maximum absolute atomic E-state index is 15.0. The van der Waals surface area contributed by atoms with Crippen molar-refractivity contribution < 1.29 is 73.1 Å². The van der Waals surface area contributed by atoms with Crippen LogP contribution in [0.25, 0.3) is 39.0 Å². The molecule has 3 aromatic heterocycles. The molecule has 6 aromatic carbocycles. The van der Waals surface area contributed by atoms with Crippen LogP contribution in [0, 0.1) is 55.7 Å². The summed E-state index contributed by atoms with van der Waals surface area (Å²) in [5, 5.41) is 39.9. The topological polar surface area (TPSA) is 120 Å². The molecule has 82 heavy (non-hydrogen) atoms. The van der Waals surface area contributed by atoms with E-state index < -0.39 is 116 Å². The number of hydrogen-bond acceptors (Lipinski definition) is 7. The smallest absolute Gasteiger partial charge is 0.324 e. The molecule has 0 unspecified atom stereocenters. The molecule has 0 amide bonds. The van der Waals surface area contributed by atoms with Crippen LogP contribution in [0.5, 0.6) is 0 Å². The minimum Gasteiger partial charge on any atom is -0.393 e. The molecule has 0 saturated heterocycles. The highest BCUT2D eigenvalue weighted by Crippen LogP contribution is 2.47. The van der Waals surface area contributed by atoms with Gasteiger partial charge in [0.15, 0.2) is 11.2 Å². The Kier molecular flexibility index (Phi) is 18.4. The minimum absolute atomic E-state index is 0.361. The van der Waals surface area contributed by atoms with E-state index in [1.807, 2.05) is 93.6 Å². The number of hydrogen-bond donors (Lipinski definition) is 4. The van der Waals surface area contributed by atoms with Crippen molar-refractivity contribution in [2.24, 2.45) is 0 Å². The first-order valence-corrected chi connectivity index (χ1v) is 24.6. The van der Waals surface area contributed by atoms with E-state index >= 15 is 17.6 Å². The van der Waals surface area contributed by atoms with Crippen molar-refractivity contribution >= 4 is 5.57 Å². The molecule has 0 spiro atoms. The average Bonchev–Trinajstić information content (AvgIpc) is 3.38. The van der Waals surface area contributed by atoms with Gasteiger partial charge in [-0.2, -0.15) is 26.3 Å². The summed E-state index contributed by atoms with van der Waals surface area (Å²) in [6.07, 6.45) is 3.74. The van der Waals surface area contributed by atoms with Crippen molar-refractivity contribution in [3.05, 3.63) is 274 Å². The first kappa shape index (κ1) is 61.1. The van der Waals surface area contributed by atoms with Crippen molar-refractivity contribution in [2.75, 3.05) is 13.2 Å². The van der Waals surface area contributed by atoms with Crippen LogP contribution in [-0.4, -0.2) is 48.6 Å². The summed E-state index contributed by atoms with van der Waals surface area (Å²) in [6, 6.07) is 35.6. The fourth-order valence-electron chi connectivity index (χ4n) is 8.33. The second-order valence-electron chi connectivity index (χ2n) is 19.0. The standard InChI is InChI=1S/2C21H17F4NO2.C21H15F4N/c2*1-13-2-4-14(5-3-13)15-6-9-19(26-11-15)21(24,25)20(28,12-27)17-8-7-16(22)10-18(17)23;1-13-3-5-15(6-4-13)16-7-10-20(26-12-16)21(24,25)14(2)18-9-8-17(22)11-19(18)23/h2*2-11,27-28H,12H2,1H3;3-12H,2H2,1H3/t2*20-;/m10./s1. The van der Waals surface area contributed by atoms with E-state index in [4.69, 9.17) is 0 Å². The SMILES string of the molecule is C=C(c1ccc(F)cc1F)C(F)(F)c1ccc(-c2ccc(C)cc2)cn1.Cc1ccc(-c2ccc(C(F)(F)[C@@](O)(CO)c3ccc(F)cc3F)nc2)cc1.Cc1ccc(-c2ccc(C(F)(F)[C@](O)(CO)c3ccc(F)cc3F)nc2)cc1. The molecule has 0 fully saturated rings. The zero-order chi connectivity index (χ0) is 60.0. The Morgan fingerprint density at radius 1 is 0.390 bits per heavy atom. The van der Waals surface area contributed by atoms with Gasteiger partial charge in [0.2, 0.25) is 0 Å². The largest absolute Gasteiger partial charge is 0.393 e. The zero-order valence-electron chi connectivity index (χ0n) is 43.6. The van der Waals surface area contributed by atoms with Gasteiger partial charge in [-0.1, -0.05) is 114 Å². The van der Waals surface area contributed by atoms with Crippen LogP contribution >= 0.6 is 0 Å². The third kappa shape index (κ3) is 12.8. The molecule has 3 heterocycles. The Hall–Kier alpha value is -8.49. The number of allylic oxidation sites excluding steroid dienone is 1. The van der Waals surface area contributed by atoms with Crippen LogP contribution in [0.1, 0.15) is 50.5 Å². The number of rotatable bonds is 14. The molecule has 0 saturated carbocycles. The van der Waals surface area contributed by atoms with E-state index in [1.54, 1.807) is 0 Å². The molecule has 0 aliphatic heterocycles. The Balaban J connectivity index is 0.000000177. The molecule has 19 heteroatoms. The number of aliphatic hydroxyl groups is 4. The lowest BCUT2D eigenvalue weighted by atomic mass is 9.85. The van der Waals surface area contributed by atoms with E-state index in [9.17, 15) is 55.5 Å². The predicted octanol–water partition coefficient (Wildman–Crippen LogP) is 14.8. The van der Waals surface area contributed by atoms with Crippen LogP contribution in [0.4, 0.5) is 52.7 Å². The number of aryl methyl sites for hydroxylation is 3. The van der Waals surface area contributed by atoms with Gasteiger partial charge in [-0.3, -0.25) is 15.0 Å². The summed E-state index contributed by atoms with van der Waals surface area (Å²) in [4.78, 5) is 11.3. The maximum Gasteiger partial charge on any atom is 0.324 e. The Morgan fingerprint density at radius 3 is 0.963 bits per heavy atom. The van der Waals surface area contributed by atoms with Gasteiger partial charge >= 0.3 is 17.8 Å². The predicted molar refractivity (Wildman–Crippen MR) is 285 cm³/mol. The highest BCUT2D eigenvalue weighted by molar-refractivity contribution is 5.71. The van der Waals surface area contributed by atoms with Gasteiger partial charge in [0.05, 0.1) is 13.2 Å². The summed E-state index contributed by atoms with van der Waals surface area (Å²) in [7, 11) is 0. The Morgan fingerprint density at radius 2 is 0.683 bits per heavy atom. The molecule has 7 nitrogen and oxygen atoms in total. The van der Waals surface area contributed by atoms with Crippen LogP contribution in [0.2, 0.25) is 0 Å². The first-order valence-electron chi connectivity index (χ1n) is 24.6. The molecule has 0 radical (unpaired) electrons. The molecule has 424 valence electrons. The van der Waals surface area contributed by atoms with Gasteiger partial charge in [0.1, 0.15) is 52.0 Å². The summed E-state index contributed by atoms with van der Waals surface area (Å²) in [5.41, 5.74) is -4.62. The fourth-order valence-corrected chi connectivity index (χ4v) is 8.33. The van der Waals surface area contributed by atoms with Crippen LogP contribution in [0.3, 0.4) is 0 Å². The quantitative estimate of drug-likeness (QED) is 0.0801. The molecule has 4 N–H and O–H groups in total. The summed E-state index contributed by atoms with van der Waals surface area (Å²) in [6.45, 7) is 6.08. The highest BCUT2D eigenvalue weighted by atomic mass is 19.3. The Bertz CT molecular complexity index is 3500. The van der Waals surface area contributed by atoms with Crippen LogP contribution in [0.15, 0.2) is 189 Å². The fraction of sp³-hybridized carbons (Fsp3) is 0.159. The average molecular weight is 1140 g/mol. The number of nitrogens with zero attached hydrogens (tertiary/aromatic N) is 3. The van der Waals surface area contributed by atoms with Gasteiger partial charge in [-0.25, -0.2) is 26.3 Å².